The SMILES string of the molecule is [2H]C([2H])(NC(=O)c1cc2c(c(C(F)(F)F)c1)-c1nn(C[C@H]3COCCO3)cc1CC2)[C@@H]1CCCO1. The Hall–Kier alpha value is -2.43. The molecule has 7 nitrogen and oxygen atoms in total. The zero-order valence-corrected chi connectivity index (χ0v) is 17.9. The fourth-order valence-electron chi connectivity index (χ4n) is 4.51. The zero-order valence-electron chi connectivity index (χ0n) is 19.9. The van der Waals surface area contributed by atoms with Crippen molar-refractivity contribution in [1.82, 2.24) is 15.1 Å². The molecule has 1 aliphatic carbocycles. The van der Waals surface area contributed by atoms with Crippen LogP contribution in [0.4, 0.5) is 13.2 Å². The lowest BCUT2D eigenvalue weighted by molar-refractivity contribution is -0.137. The third kappa shape index (κ3) is 4.78. The van der Waals surface area contributed by atoms with E-state index in [1.807, 2.05) is 0 Å². The molecule has 10 heteroatoms. The molecule has 178 valence electrons. The molecule has 1 aromatic heterocycles. The Bertz CT molecular complexity index is 1110. The van der Waals surface area contributed by atoms with Crippen molar-refractivity contribution in [2.24, 2.45) is 0 Å². The van der Waals surface area contributed by atoms with E-state index in [2.05, 4.69) is 10.4 Å². The van der Waals surface area contributed by atoms with Gasteiger partial charge in [-0.3, -0.25) is 9.48 Å². The van der Waals surface area contributed by atoms with E-state index < -0.39 is 30.2 Å². The van der Waals surface area contributed by atoms with Gasteiger partial charge in [0.1, 0.15) is 6.10 Å². The minimum Gasteiger partial charge on any atom is -0.376 e. The summed E-state index contributed by atoms with van der Waals surface area (Å²) in [6.45, 7) is -0.0814. The van der Waals surface area contributed by atoms with Gasteiger partial charge < -0.3 is 19.5 Å². The summed E-state index contributed by atoms with van der Waals surface area (Å²) in [7, 11) is 0. The maximum Gasteiger partial charge on any atom is 0.417 e. The van der Waals surface area contributed by atoms with Gasteiger partial charge in [-0.25, -0.2) is 0 Å². The molecule has 2 fully saturated rings. The van der Waals surface area contributed by atoms with Gasteiger partial charge in [-0.15, -0.1) is 0 Å². The lowest BCUT2D eigenvalue weighted by Gasteiger charge is -2.22. The van der Waals surface area contributed by atoms with Crippen molar-refractivity contribution in [2.45, 2.75) is 50.6 Å². The number of hydrogen-bond acceptors (Lipinski definition) is 5. The highest BCUT2D eigenvalue weighted by Gasteiger charge is 2.38. The van der Waals surface area contributed by atoms with Crippen molar-refractivity contribution < 1.29 is 34.9 Å². The molecule has 0 spiro atoms. The van der Waals surface area contributed by atoms with E-state index in [-0.39, 0.29) is 22.9 Å². The first kappa shape index (κ1) is 20.0. The first-order chi connectivity index (χ1) is 16.6. The summed E-state index contributed by atoms with van der Waals surface area (Å²) in [5.41, 5.74) is 0.0769. The maximum atomic E-state index is 14.2. The molecule has 0 radical (unpaired) electrons. The summed E-state index contributed by atoms with van der Waals surface area (Å²) in [4.78, 5) is 12.8. The third-order valence-electron chi connectivity index (χ3n) is 6.08. The molecule has 1 N–H and O–H groups in total. The number of aryl methyl sites for hydroxylation is 2. The predicted octanol–water partition coefficient (Wildman–Crippen LogP) is 2.99. The highest BCUT2D eigenvalue weighted by molar-refractivity contribution is 5.96. The van der Waals surface area contributed by atoms with Crippen LogP contribution in [0.3, 0.4) is 0 Å². The van der Waals surface area contributed by atoms with Gasteiger partial charge in [0, 0.05) is 30.4 Å². The van der Waals surface area contributed by atoms with Gasteiger partial charge in [-0.2, -0.15) is 18.3 Å². The van der Waals surface area contributed by atoms with Gasteiger partial charge in [-0.05, 0) is 48.9 Å². The largest absolute Gasteiger partial charge is 0.417 e. The summed E-state index contributed by atoms with van der Waals surface area (Å²) >= 11 is 0. The molecule has 0 bridgehead atoms. The first-order valence-corrected chi connectivity index (χ1v) is 11.1. The van der Waals surface area contributed by atoms with E-state index >= 15 is 0 Å². The number of nitrogens with zero attached hydrogens (tertiary/aromatic N) is 2. The van der Waals surface area contributed by atoms with Crippen LogP contribution in [-0.4, -0.2) is 60.8 Å². The number of fused-ring (bicyclic) bond motifs is 3. The predicted molar refractivity (Wildman–Crippen MR) is 112 cm³/mol. The van der Waals surface area contributed by atoms with Gasteiger partial charge in [0.25, 0.3) is 5.91 Å². The van der Waals surface area contributed by atoms with Gasteiger partial charge in [0.05, 0.1) is 46.5 Å². The van der Waals surface area contributed by atoms with E-state index in [9.17, 15) is 18.0 Å². The average Bonchev–Trinajstić information content (AvgIpc) is 3.48. The maximum absolute atomic E-state index is 14.2. The Morgan fingerprint density at radius 3 is 2.73 bits per heavy atom. The summed E-state index contributed by atoms with van der Waals surface area (Å²) in [6, 6.07) is 2.19. The Balaban J connectivity index is 1.46. The molecule has 0 saturated carbocycles. The van der Waals surface area contributed by atoms with Gasteiger partial charge in [0.2, 0.25) is 0 Å². The van der Waals surface area contributed by atoms with Crippen LogP contribution in [0, 0.1) is 0 Å². The summed E-state index contributed by atoms with van der Waals surface area (Å²) < 4.78 is 76.7. The van der Waals surface area contributed by atoms with Crippen molar-refractivity contribution in [3.63, 3.8) is 0 Å². The third-order valence-corrected chi connectivity index (χ3v) is 6.08. The number of alkyl halides is 3. The highest BCUT2D eigenvalue weighted by atomic mass is 19.4. The monoisotopic (exact) mass is 467 g/mol. The number of aromatic nitrogens is 2. The van der Waals surface area contributed by atoms with E-state index in [4.69, 9.17) is 17.0 Å². The number of carbonyl (C=O) groups excluding carboxylic acids is 1. The quantitative estimate of drug-likeness (QED) is 0.732. The number of amides is 1. The number of carbonyl (C=O) groups is 1. The van der Waals surface area contributed by atoms with E-state index in [0.717, 1.165) is 6.07 Å². The highest BCUT2D eigenvalue weighted by Crippen LogP contribution is 2.43. The summed E-state index contributed by atoms with van der Waals surface area (Å²) in [5.74, 6) is -0.912. The molecular weight excluding hydrogens is 439 g/mol. The van der Waals surface area contributed by atoms with Crippen LogP contribution >= 0.6 is 0 Å². The lowest BCUT2D eigenvalue weighted by Crippen LogP contribution is -2.32. The average molecular weight is 467 g/mol. The number of rotatable bonds is 5. The molecule has 0 unspecified atom stereocenters. The Kier molecular flexibility index (Phi) is 5.50. The van der Waals surface area contributed by atoms with Gasteiger partial charge >= 0.3 is 6.18 Å². The summed E-state index contributed by atoms with van der Waals surface area (Å²) in [6.07, 6.45) is -2.18. The molecule has 1 aromatic carbocycles. The normalized spacial score (nSPS) is 24.0. The van der Waals surface area contributed by atoms with Gasteiger partial charge in [-0.1, -0.05) is 0 Å². The molecule has 2 saturated heterocycles. The molecule has 33 heavy (non-hydrogen) atoms. The first-order valence-electron chi connectivity index (χ1n) is 12.1. The van der Waals surface area contributed by atoms with Crippen LogP contribution in [0.15, 0.2) is 18.3 Å². The number of benzene rings is 1. The van der Waals surface area contributed by atoms with Crippen LogP contribution in [0.25, 0.3) is 11.3 Å². The second kappa shape index (κ2) is 9.08. The number of nitrogens with one attached hydrogen (secondary N) is 1. The van der Waals surface area contributed by atoms with Crippen LogP contribution in [0.5, 0.6) is 0 Å². The van der Waals surface area contributed by atoms with E-state index in [0.29, 0.717) is 69.8 Å². The minimum atomic E-state index is -4.73. The second-order valence-electron chi connectivity index (χ2n) is 8.45. The van der Waals surface area contributed by atoms with Crippen molar-refractivity contribution >= 4 is 5.91 Å². The van der Waals surface area contributed by atoms with Crippen LogP contribution in [0.2, 0.25) is 0 Å². The Morgan fingerprint density at radius 2 is 2.00 bits per heavy atom. The standard InChI is InChI=1S/C23H26F3N3O4/c24-23(25,26)19-9-16(22(30)27-10-17-2-1-5-32-17)8-14-3-4-15-11-29(28-21(15)20(14)19)12-18-13-31-6-7-33-18/h8-9,11,17-18H,1-7,10,12-13H2,(H,27,30)/t17-,18-/m0/s1/i10D2. The smallest absolute Gasteiger partial charge is 0.376 e. The molecule has 2 aromatic rings. The van der Waals surface area contributed by atoms with E-state index in [1.165, 1.54) is 6.07 Å². The number of ether oxygens (including phenoxy) is 3. The van der Waals surface area contributed by atoms with E-state index in [1.54, 1.807) is 10.9 Å². The van der Waals surface area contributed by atoms with Crippen molar-refractivity contribution in [1.29, 1.82) is 0 Å². The molecule has 3 heterocycles. The molecule has 2 atom stereocenters. The minimum absolute atomic E-state index is 0.0306. The lowest BCUT2D eigenvalue weighted by atomic mass is 9.85. The molecule has 1 amide bonds. The van der Waals surface area contributed by atoms with Crippen molar-refractivity contribution in [3.05, 3.63) is 40.6 Å². The zero-order chi connectivity index (χ0) is 24.8. The molecule has 3 aliphatic rings. The van der Waals surface area contributed by atoms with Crippen LogP contribution in [-0.2, 0) is 39.8 Å². The van der Waals surface area contributed by atoms with Crippen molar-refractivity contribution in [3.8, 4) is 11.3 Å². The van der Waals surface area contributed by atoms with Gasteiger partial charge in [0.15, 0.2) is 0 Å². The Labute approximate surface area is 192 Å². The summed E-state index contributed by atoms with van der Waals surface area (Å²) in [5, 5.41) is 6.68. The van der Waals surface area contributed by atoms with Crippen molar-refractivity contribution in [2.75, 3.05) is 32.9 Å². The Morgan fingerprint density at radius 1 is 1.18 bits per heavy atom. The second-order valence-corrected chi connectivity index (χ2v) is 8.45. The topological polar surface area (TPSA) is 74.6 Å². The molecule has 5 rings (SSSR count). The van der Waals surface area contributed by atoms with Crippen LogP contribution in [0.1, 0.15) is 42.6 Å². The number of halogens is 3. The molecule has 2 aliphatic heterocycles. The fourth-order valence-corrected chi connectivity index (χ4v) is 4.51. The molecular formula is C23H26F3N3O4. The fraction of sp³-hybridized carbons (Fsp3) is 0.565. The van der Waals surface area contributed by atoms with Crippen LogP contribution < -0.4 is 5.32 Å². The number of hydrogen-bond donors (Lipinski definition) is 1.